The van der Waals surface area contributed by atoms with E-state index in [0.717, 1.165) is 19.3 Å². The van der Waals surface area contributed by atoms with Gasteiger partial charge in [-0.2, -0.15) is 0 Å². The number of aliphatic hydroxyl groups excluding tert-OH is 3. The van der Waals surface area contributed by atoms with E-state index in [2.05, 4.69) is 0 Å². The highest BCUT2D eigenvalue weighted by atomic mass is 16.8. The largest absolute Gasteiger partial charge is 0.457 e. The van der Waals surface area contributed by atoms with E-state index in [1.807, 2.05) is 6.92 Å². The number of hydrogen-bond acceptors (Lipinski definition) is 7. The third-order valence-electron chi connectivity index (χ3n) is 5.06. The molecular formula is C16H26O7. The molecule has 7 heteroatoms. The molecular weight excluding hydrogens is 304 g/mol. The second-order valence-electron chi connectivity index (χ2n) is 6.81. The summed E-state index contributed by atoms with van der Waals surface area (Å²) < 4.78 is 17.1. The van der Waals surface area contributed by atoms with Gasteiger partial charge in [-0.15, -0.1) is 0 Å². The molecule has 3 N–H and O–H groups in total. The second-order valence-corrected chi connectivity index (χ2v) is 6.81. The first-order valence-electron chi connectivity index (χ1n) is 8.57. The summed E-state index contributed by atoms with van der Waals surface area (Å²) in [6.07, 6.45) is -1.44. The minimum absolute atomic E-state index is 0.196. The van der Waals surface area contributed by atoms with Gasteiger partial charge in [-0.1, -0.05) is 13.3 Å². The van der Waals surface area contributed by atoms with Gasteiger partial charge in [-0.05, 0) is 19.3 Å². The maximum Gasteiger partial charge on any atom is 0.306 e. The number of aliphatic hydroxyl groups is 3. The van der Waals surface area contributed by atoms with Gasteiger partial charge in [-0.25, -0.2) is 0 Å². The Hall–Kier alpha value is -0.730. The van der Waals surface area contributed by atoms with Crippen molar-refractivity contribution in [1.82, 2.24) is 0 Å². The van der Waals surface area contributed by atoms with Gasteiger partial charge in [-0.3, -0.25) is 4.79 Å². The third kappa shape index (κ3) is 3.13. The lowest BCUT2D eigenvalue weighted by Crippen LogP contribution is -2.63. The summed E-state index contributed by atoms with van der Waals surface area (Å²) in [6, 6.07) is 0. The molecule has 2 aliphatic carbocycles. The third-order valence-corrected chi connectivity index (χ3v) is 5.06. The van der Waals surface area contributed by atoms with Crippen LogP contribution in [0, 0.1) is 0 Å². The van der Waals surface area contributed by atoms with Gasteiger partial charge in [0.15, 0.2) is 11.9 Å². The van der Waals surface area contributed by atoms with Crippen molar-refractivity contribution in [1.29, 1.82) is 0 Å². The Kier molecular flexibility index (Phi) is 4.94. The van der Waals surface area contributed by atoms with Crippen LogP contribution in [0.1, 0.15) is 51.9 Å². The minimum atomic E-state index is -1.39. The summed E-state index contributed by atoms with van der Waals surface area (Å²) in [5.41, 5.74) is 0. The molecule has 0 aromatic rings. The number of carbonyl (C=O) groups is 1. The molecule has 1 aliphatic heterocycles. The van der Waals surface area contributed by atoms with Crippen molar-refractivity contribution in [2.75, 3.05) is 0 Å². The summed E-state index contributed by atoms with van der Waals surface area (Å²) in [6.45, 7) is 1.83. The predicted octanol–water partition coefficient (Wildman–Crippen LogP) is 0.239. The summed E-state index contributed by atoms with van der Waals surface area (Å²) in [5, 5.41) is 31.1. The van der Waals surface area contributed by atoms with Gasteiger partial charge in [0.05, 0.1) is 0 Å². The first-order valence-corrected chi connectivity index (χ1v) is 8.57. The van der Waals surface area contributed by atoms with E-state index in [1.165, 1.54) is 0 Å². The Morgan fingerprint density at radius 1 is 1.04 bits per heavy atom. The van der Waals surface area contributed by atoms with E-state index in [1.54, 1.807) is 0 Å². The molecule has 0 amide bonds. The number of hydrogen-bond donors (Lipinski definition) is 3. The van der Waals surface area contributed by atoms with Gasteiger partial charge in [0.2, 0.25) is 0 Å². The van der Waals surface area contributed by atoms with Crippen molar-refractivity contribution in [2.45, 2.75) is 94.3 Å². The molecule has 0 aromatic carbocycles. The van der Waals surface area contributed by atoms with Crippen LogP contribution in [0.2, 0.25) is 0 Å². The molecule has 23 heavy (non-hydrogen) atoms. The molecule has 6 atom stereocenters. The Morgan fingerprint density at radius 3 is 2.26 bits per heavy atom. The highest BCUT2D eigenvalue weighted by Gasteiger charge is 2.60. The Balaban J connectivity index is 1.74. The monoisotopic (exact) mass is 330 g/mol. The maximum atomic E-state index is 11.7. The fraction of sp³-hybridized carbons (Fsp3) is 0.938. The molecule has 1 heterocycles. The van der Waals surface area contributed by atoms with Crippen molar-refractivity contribution in [3.05, 3.63) is 0 Å². The standard InChI is InChI=1S/C16H26O7/c1-2-6-9(17)21-13-10(18)11(19)14-15(12(13)20)23-16(22-14)7-4-3-5-8-16/h10-15,18-20H,2-8H2,1H3/t10-,11-,12-,13+,14-,15+/m0/s1. The quantitative estimate of drug-likeness (QED) is 0.637. The number of esters is 1. The Labute approximate surface area is 135 Å². The number of carbonyl (C=O) groups excluding carboxylic acids is 1. The highest BCUT2D eigenvalue weighted by Crippen LogP contribution is 2.45. The molecule has 3 fully saturated rings. The molecule has 0 unspecified atom stereocenters. The zero-order valence-electron chi connectivity index (χ0n) is 13.4. The molecule has 7 nitrogen and oxygen atoms in total. The Bertz CT molecular complexity index is 434. The topological polar surface area (TPSA) is 105 Å². The summed E-state index contributed by atoms with van der Waals surface area (Å²) in [4.78, 5) is 11.7. The van der Waals surface area contributed by atoms with Crippen LogP contribution in [-0.4, -0.2) is 63.7 Å². The molecule has 1 spiro atoms. The van der Waals surface area contributed by atoms with Crippen molar-refractivity contribution in [3.63, 3.8) is 0 Å². The van der Waals surface area contributed by atoms with Crippen LogP contribution in [0.5, 0.6) is 0 Å². The second kappa shape index (κ2) is 6.64. The van der Waals surface area contributed by atoms with Crippen LogP contribution in [0.25, 0.3) is 0 Å². The number of rotatable bonds is 3. The number of ether oxygens (including phenoxy) is 3. The number of fused-ring (bicyclic) bond motifs is 1. The Morgan fingerprint density at radius 2 is 1.65 bits per heavy atom. The first-order chi connectivity index (χ1) is 11.0. The summed E-state index contributed by atoms with van der Waals surface area (Å²) in [5.74, 6) is -1.30. The fourth-order valence-electron chi connectivity index (χ4n) is 3.84. The van der Waals surface area contributed by atoms with E-state index in [4.69, 9.17) is 14.2 Å². The molecule has 0 aromatic heterocycles. The van der Waals surface area contributed by atoms with Crippen LogP contribution < -0.4 is 0 Å². The lowest BCUT2D eigenvalue weighted by atomic mass is 9.85. The predicted molar refractivity (Wildman–Crippen MR) is 78.4 cm³/mol. The summed E-state index contributed by atoms with van der Waals surface area (Å²) >= 11 is 0. The lowest BCUT2D eigenvalue weighted by molar-refractivity contribution is -0.211. The zero-order valence-corrected chi connectivity index (χ0v) is 13.4. The normalized spacial score (nSPS) is 42.4. The summed E-state index contributed by atoms with van der Waals surface area (Å²) in [7, 11) is 0. The highest BCUT2D eigenvalue weighted by molar-refractivity contribution is 5.69. The van der Waals surface area contributed by atoms with Crippen LogP contribution in [0.4, 0.5) is 0 Å². The average Bonchev–Trinajstić information content (AvgIpc) is 2.90. The van der Waals surface area contributed by atoms with Gasteiger partial charge in [0, 0.05) is 19.3 Å². The van der Waals surface area contributed by atoms with Crippen molar-refractivity contribution < 1.29 is 34.3 Å². The van der Waals surface area contributed by atoms with E-state index < -0.39 is 48.4 Å². The van der Waals surface area contributed by atoms with Crippen LogP contribution in [0.3, 0.4) is 0 Å². The van der Waals surface area contributed by atoms with Crippen molar-refractivity contribution in [3.8, 4) is 0 Å². The van der Waals surface area contributed by atoms with Crippen LogP contribution in [0.15, 0.2) is 0 Å². The van der Waals surface area contributed by atoms with Gasteiger partial charge in [0.1, 0.15) is 30.5 Å². The molecule has 132 valence electrons. The van der Waals surface area contributed by atoms with Crippen molar-refractivity contribution in [2.24, 2.45) is 0 Å². The van der Waals surface area contributed by atoms with E-state index in [-0.39, 0.29) is 6.42 Å². The average molecular weight is 330 g/mol. The van der Waals surface area contributed by atoms with Gasteiger partial charge in [0.25, 0.3) is 0 Å². The van der Waals surface area contributed by atoms with E-state index in [9.17, 15) is 20.1 Å². The fourth-order valence-corrected chi connectivity index (χ4v) is 3.84. The first kappa shape index (κ1) is 17.1. The molecule has 1 saturated heterocycles. The lowest BCUT2D eigenvalue weighted by Gasteiger charge is -2.40. The molecule has 3 rings (SSSR count). The van der Waals surface area contributed by atoms with Crippen molar-refractivity contribution >= 4 is 5.97 Å². The minimum Gasteiger partial charge on any atom is -0.457 e. The molecule has 0 radical (unpaired) electrons. The van der Waals surface area contributed by atoms with E-state index in [0.29, 0.717) is 19.3 Å². The van der Waals surface area contributed by atoms with Crippen LogP contribution in [-0.2, 0) is 19.0 Å². The van der Waals surface area contributed by atoms with Gasteiger partial charge >= 0.3 is 5.97 Å². The smallest absolute Gasteiger partial charge is 0.306 e. The maximum absolute atomic E-state index is 11.7. The zero-order chi connectivity index (χ0) is 16.6. The van der Waals surface area contributed by atoms with E-state index >= 15 is 0 Å². The molecule has 0 bridgehead atoms. The molecule has 3 aliphatic rings. The van der Waals surface area contributed by atoms with Gasteiger partial charge < -0.3 is 29.5 Å². The van der Waals surface area contributed by atoms with Crippen LogP contribution >= 0.6 is 0 Å². The molecule has 2 saturated carbocycles. The SMILES string of the molecule is CCCC(=O)O[C@@H]1[C@@H](O)[C@H](O)[C@@H]2OC3(CCCCC3)O[C@@H]2[C@H]1O.